The predicted octanol–water partition coefficient (Wildman–Crippen LogP) is 1.94. The minimum atomic E-state index is -4.58. The van der Waals surface area contributed by atoms with Crippen LogP contribution in [0.15, 0.2) is 24.3 Å². The maximum atomic E-state index is 12.4. The number of alkyl halides is 3. The van der Waals surface area contributed by atoms with Crippen molar-refractivity contribution < 1.29 is 22.8 Å². The molecule has 0 N–H and O–H groups in total. The van der Waals surface area contributed by atoms with E-state index in [2.05, 4.69) is 0 Å². The quantitative estimate of drug-likeness (QED) is 0.732. The number of carbonyl (C=O) groups is 2. The summed E-state index contributed by atoms with van der Waals surface area (Å²) < 4.78 is 37.1. The second-order valence-corrected chi connectivity index (χ2v) is 4.54. The molecule has 0 spiro atoms. The van der Waals surface area contributed by atoms with E-state index in [-0.39, 0.29) is 11.3 Å². The number of rotatable bonds is 1. The Kier molecular flexibility index (Phi) is 2.35. The van der Waals surface area contributed by atoms with Gasteiger partial charge in [-0.15, -0.1) is 0 Å². The summed E-state index contributed by atoms with van der Waals surface area (Å²) in [5.74, 6) is -0.779. The van der Waals surface area contributed by atoms with Crippen molar-refractivity contribution in [1.82, 2.24) is 4.90 Å². The maximum Gasteiger partial charge on any atom is 0.406 e. The van der Waals surface area contributed by atoms with Crippen LogP contribution >= 0.6 is 0 Å². The van der Waals surface area contributed by atoms with Gasteiger partial charge in [-0.2, -0.15) is 13.2 Å². The van der Waals surface area contributed by atoms with Crippen LogP contribution in [-0.4, -0.2) is 35.6 Å². The number of amides is 3. The molecule has 1 atom stereocenters. The number of nitrogens with zero attached hydrogens (tertiary/aromatic N) is 2. The number of benzene rings is 1. The lowest BCUT2D eigenvalue weighted by atomic mass is 10.1. The summed E-state index contributed by atoms with van der Waals surface area (Å²) in [5, 5.41) is 0. The van der Waals surface area contributed by atoms with Gasteiger partial charge in [0.25, 0.3) is 5.91 Å². The normalized spacial score (nSPS) is 21.9. The van der Waals surface area contributed by atoms with Gasteiger partial charge >= 0.3 is 12.2 Å². The van der Waals surface area contributed by atoms with Gasteiger partial charge in [0.2, 0.25) is 0 Å². The molecule has 0 radical (unpaired) electrons. The first-order valence-electron chi connectivity index (χ1n) is 5.68. The van der Waals surface area contributed by atoms with Gasteiger partial charge in [0.05, 0.1) is 0 Å². The zero-order chi connectivity index (χ0) is 13.8. The van der Waals surface area contributed by atoms with Gasteiger partial charge in [0.1, 0.15) is 12.6 Å². The third-order valence-corrected chi connectivity index (χ3v) is 3.30. The van der Waals surface area contributed by atoms with Crippen LogP contribution in [0.2, 0.25) is 0 Å². The molecule has 2 aliphatic rings. The Hall–Kier alpha value is -2.05. The fraction of sp³-hybridized carbons (Fsp3) is 0.333. The van der Waals surface area contributed by atoms with Crippen LogP contribution in [-0.2, 0) is 11.2 Å². The van der Waals surface area contributed by atoms with E-state index in [0.29, 0.717) is 5.69 Å². The Labute approximate surface area is 106 Å². The van der Waals surface area contributed by atoms with Crippen LogP contribution in [0.5, 0.6) is 0 Å². The molecule has 0 bridgehead atoms. The van der Waals surface area contributed by atoms with Gasteiger partial charge in [-0.05, 0) is 11.6 Å². The first-order valence-corrected chi connectivity index (χ1v) is 5.68. The molecule has 1 fully saturated rings. The molecular formula is C12H9F3N2O2. The van der Waals surface area contributed by atoms with Crippen molar-refractivity contribution in [2.45, 2.75) is 18.6 Å². The number of anilines is 1. The number of hydrogen-bond acceptors (Lipinski definition) is 2. The number of para-hydroxylation sites is 1. The molecule has 2 heterocycles. The zero-order valence-electron chi connectivity index (χ0n) is 9.65. The third kappa shape index (κ3) is 1.76. The fourth-order valence-electron chi connectivity index (χ4n) is 2.55. The van der Waals surface area contributed by atoms with Gasteiger partial charge in [-0.3, -0.25) is 14.6 Å². The highest BCUT2D eigenvalue weighted by atomic mass is 19.4. The van der Waals surface area contributed by atoms with E-state index < -0.39 is 30.7 Å². The highest BCUT2D eigenvalue weighted by molar-refractivity contribution is 6.16. The Morgan fingerprint density at radius 2 is 1.89 bits per heavy atom. The second-order valence-electron chi connectivity index (χ2n) is 4.54. The van der Waals surface area contributed by atoms with Crippen molar-refractivity contribution in [2.75, 3.05) is 11.4 Å². The molecule has 4 nitrogen and oxygen atoms in total. The molecule has 1 aromatic rings. The number of halogens is 3. The summed E-state index contributed by atoms with van der Waals surface area (Å²) in [4.78, 5) is 25.3. The van der Waals surface area contributed by atoms with Crippen molar-refractivity contribution in [3.63, 3.8) is 0 Å². The van der Waals surface area contributed by atoms with Crippen molar-refractivity contribution in [1.29, 1.82) is 0 Å². The number of fused-ring (bicyclic) bond motifs is 3. The van der Waals surface area contributed by atoms with E-state index in [1.54, 1.807) is 24.3 Å². The Morgan fingerprint density at radius 1 is 1.21 bits per heavy atom. The summed E-state index contributed by atoms with van der Waals surface area (Å²) in [5.41, 5.74) is 1.33. The van der Waals surface area contributed by atoms with Crippen molar-refractivity contribution >= 4 is 17.6 Å². The van der Waals surface area contributed by atoms with Gasteiger partial charge in [-0.25, -0.2) is 4.79 Å². The molecule has 0 saturated carbocycles. The summed E-state index contributed by atoms with van der Waals surface area (Å²) in [7, 11) is 0. The molecule has 1 unspecified atom stereocenters. The summed E-state index contributed by atoms with van der Waals surface area (Å²) >= 11 is 0. The zero-order valence-corrected chi connectivity index (χ0v) is 9.65. The van der Waals surface area contributed by atoms with E-state index in [1.165, 1.54) is 0 Å². The number of hydrogen-bond donors (Lipinski definition) is 0. The molecule has 0 aromatic heterocycles. The molecule has 3 rings (SSSR count). The summed E-state index contributed by atoms with van der Waals surface area (Å²) in [6.07, 6.45) is -4.31. The average Bonchev–Trinajstić information content (AvgIpc) is 2.80. The average molecular weight is 270 g/mol. The smallest absolute Gasteiger partial charge is 0.281 e. The fourth-order valence-corrected chi connectivity index (χ4v) is 2.55. The lowest BCUT2D eigenvalue weighted by Gasteiger charge is -2.18. The molecule has 1 saturated heterocycles. The van der Waals surface area contributed by atoms with Crippen molar-refractivity contribution in [3.05, 3.63) is 29.8 Å². The molecule has 100 valence electrons. The molecule has 3 amide bonds. The van der Waals surface area contributed by atoms with Gasteiger partial charge in [0, 0.05) is 12.1 Å². The molecular weight excluding hydrogens is 261 g/mol. The van der Waals surface area contributed by atoms with E-state index in [4.69, 9.17) is 0 Å². The van der Waals surface area contributed by atoms with Crippen LogP contribution in [0.4, 0.5) is 23.7 Å². The number of imide groups is 1. The molecule has 19 heavy (non-hydrogen) atoms. The molecule has 1 aromatic carbocycles. The predicted molar refractivity (Wildman–Crippen MR) is 59.6 cm³/mol. The van der Waals surface area contributed by atoms with Crippen molar-refractivity contribution in [3.8, 4) is 0 Å². The van der Waals surface area contributed by atoms with Crippen LogP contribution in [0.3, 0.4) is 0 Å². The summed E-state index contributed by atoms with van der Waals surface area (Å²) in [6, 6.07) is 5.14. The Balaban J connectivity index is 1.95. The van der Waals surface area contributed by atoms with Gasteiger partial charge in [0.15, 0.2) is 0 Å². The SMILES string of the molecule is O=C1C2Cc3ccccc3N2C(=O)N1CC(F)(F)F. The van der Waals surface area contributed by atoms with E-state index in [0.717, 1.165) is 10.5 Å². The van der Waals surface area contributed by atoms with Crippen LogP contribution in [0, 0.1) is 0 Å². The highest BCUT2D eigenvalue weighted by Gasteiger charge is 2.52. The minimum Gasteiger partial charge on any atom is -0.281 e. The standard InChI is InChI=1S/C12H9F3N2O2/c13-12(14,15)6-16-10(18)9-5-7-3-1-2-4-8(7)17(9)11(16)19/h1-4,9H,5-6H2. The third-order valence-electron chi connectivity index (χ3n) is 3.30. The number of urea groups is 1. The van der Waals surface area contributed by atoms with Crippen LogP contribution < -0.4 is 4.90 Å². The summed E-state index contributed by atoms with van der Waals surface area (Å²) in [6.45, 7) is -1.53. The van der Waals surface area contributed by atoms with Crippen LogP contribution in [0.1, 0.15) is 5.56 Å². The second kappa shape index (κ2) is 3.72. The van der Waals surface area contributed by atoms with Crippen molar-refractivity contribution in [2.24, 2.45) is 0 Å². The molecule has 2 aliphatic heterocycles. The molecule has 7 heteroatoms. The Bertz CT molecular complexity index is 570. The number of carbonyl (C=O) groups excluding carboxylic acids is 2. The molecule has 0 aliphatic carbocycles. The van der Waals surface area contributed by atoms with Crippen LogP contribution in [0.25, 0.3) is 0 Å². The maximum absolute atomic E-state index is 12.4. The van der Waals surface area contributed by atoms with Gasteiger partial charge in [-0.1, -0.05) is 18.2 Å². The largest absolute Gasteiger partial charge is 0.406 e. The lowest BCUT2D eigenvalue weighted by molar-refractivity contribution is -0.153. The van der Waals surface area contributed by atoms with E-state index >= 15 is 0 Å². The minimum absolute atomic E-state index is 0.273. The first-order chi connectivity index (χ1) is 8.88. The Morgan fingerprint density at radius 3 is 2.58 bits per heavy atom. The van der Waals surface area contributed by atoms with Gasteiger partial charge < -0.3 is 0 Å². The van der Waals surface area contributed by atoms with E-state index in [9.17, 15) is 22.8 Å². The lowest BCUT2D eigenvalue weighted by Crippen LogP contribution is -2.40. The topological polar surface area (TPSA) is 40.6 Å². The first kappa shape index (κ1) is 12.0. The van der Waals surface area contributed by atoms with E-state index in [1.807, 2.05) is 0 Å². The highest BCUT2D eigenvalue weighted by Crippen LogP contribution is 2.38. The monoisotopic (exact) mass is 270 g/mol.